The maximum atomic E-state index is 10.2. The average Bonchev–Trinajstić information content (AvgIpc) is 3.16. The van der Waals surface area contributed by atoms with Gasteiger partial charge in [-0.15, -0.1) is 0 Å². The molecule has 0 aliphatic heterocycles. The largest absolute Gasteiger partial charge is 0.399 e. The van der Waals surface area contributed by atoms with E-state index >= 15 is 0 Å². The highest BCUT2D eigenvalue weighted by atomic mass is 32.3. The fourth-order valence-electron chi connectivity index (χ4n) is 5.83. The molecule has 0 aromatic heterocycles. The normalized spacial score (nSPS) is 11.6. The summed E-state index contributed by atoms with van der Waals surface area (Å²) in [5.74, 6) is 0. The van der Waals surface area contributed by atoms with Gasteiger partial charge in [-0.3, -0.25) is 13.7 Å². The molecule has 1 rings (SSSR count). The van der Waals surface area contributed by atoms with Crippen LogP contribution in [0.4, 0.5) is 5.69 Å². The second kappa shape index (κ2) is 44.9. The van der Waals surface area contributed by atoms with Crippen LogP contribution in [0.3, 0.4) is 0 Å². The van der Waals surface area contributed by atoms with E-state index in [0.29, 0.717) is 19.3 Å². The Morgan fingerprint density at radius 2 is 0.576 bits per heavy atom. The molecular formula is C42H87NO12S3Si. The van der Waals surface area contributed by atoms with Crippen LogP contribution in [-0.4, -0.2) is 69.0 Å². The minimum atomic E-state index is -4.23. The predicted octanol–water partition coefficient (Wildman–Crippen LogP) is 10.4. The topological polar surface area (TPSA) is 217 Å². The van der Waals surface area contributed by atoms with Gasteiger partial charge in [0, 0.05) is 15.9 Å². The van der Waals surface area contributed by atoms with E-state index in [1.807, 2.05) is 12.1 Å². The van der Waals surface area contributed by atoms with Crippen molar-refractivity contribution in [3.05, 3.63) is 24.3 Å². The third-order valence-electron chi connectivity index (χ3n) is 9.27. The molecule has 1 aromatic carbocycles. The molecule has 5 N–H and O–H groups in total. The Morgan fingerprint density at radius 3 is 0.746 bits per heavy atom. The Kier molecular flexibility index (Phi) is 47.3. The molecule has 0 atom stereocenters. The van der Waals surface area contributed by atoms with Crippen molar-refractivity contribution in [1.82, 2.24) is 0 Å². The first-order chi connectivity index (χ1) is 28.0. The zero-order chi connectivity index (χ0) is 44.9. The van der Waals surface area contributed by atoms with Crippen molar-refractivity contribution in [1.29, 1.82) is 0 Å². The van der Waals surface area contributed by atoms with Crippen molar-refractivity contribution < 1.29 is 51.5 Å². The molecule has 0 heterocycles. The second-order valence-corrected chi connectivity index (χ2v) is 19.6. The van der Waals surface area contributed by atoms with Gasteiger partial charge in [0.05, 0.1) is 19.8 Å². The minimum absolute atomic E-state index is 0.0926. The van der Waals surface area contributed by atoms with Crippen molar-refractivity contribution in [2.75, 3.05) is 25.6 Å². The van der Waals surface area contributed by atoms with Gasteiger partial charge >= 0.3 is 31.2 Å². The van der Waals surface area contributed by atoms with Crippen LogP contribution in [0.2, 0.25) is 0 Å². The third kappa shape index (κ3) is 66.1. The number of unbranched alkanes of at least 4 members (excludes halogenated alkanes) is 27. The van der Waals surface area contributed by atoms with Crippen molar-refractivity contribution >= 4 is 52.3 Å². The van der Waals surface area contributed by atoms with E-state index in [1.165, 1.54) is 140 Å². The number of rotatable bonds is 36. The van der Waals surface area contributed by atoms with Gasteiger partial charge in [-0.25, -0.2) is 12.5 Å². The molecule has 13 nitrogen and oxygen atoms in total. The van der Waals surface area contributed by atoms with Crippen molar-refractivity contribution in [2.45, 2.75) is 213 Å². The van der Waals surface area contributed by atoms with Crippen LogP contribution in [0, 0.1) is 0 Å². The minimum Gasteiger partial charge on any atom is -0.399 e. The van der Waals surface area contributed by atoms with Gasteiger partial charge in [0.15, 0.2) is 0 Å². The van der Waals surface area contributed by atoms with Crippen LogP contribution in [0.25, 0.3) is 0 Å². The molecule has 0 radical (unpaired) electrons. The summed E-state index contributed by atoms with van der Waals surface area (Å²) in [4.78, 5) is 0. The summed E-state index contributed by atoms with van der Waals surface area (Å²) in [7, 11) is -11.6. The van der Waals surface area contributed by atoms with Gasteiger partial charge in [-0.05, 0) is 31.4 Å². The van der Waals surface area contributed by atoms with Crippen LogP contribution in [0.15, 0.2) is 24.3 Å². The van der Waals surface area contributed by atoms with E-state index in [1.54, 1.807) is 0 Å². The molecule has 0 fully saturated rings. The maximum absolute atomic E-state index is 10.2. The molecular weight excluding hydrogens is 835 g/mol. The average molecular weight is 922 g/mol. The molecule has 0 aliphatic rings. The van der Waals surface area contributed by atoms with Crippen LogP contribution in [0.5, 0.6) is 0 Å². The molecule has 0 amide bonds. The van der Waals surface area contributed by atoms with Crippen LogP contribution in [0.1, 0.15) is 213 Å². The smallest absolute Gasteiger partial charge is 0.397 e. The van der Waals surface area contributed by atoms with Crippen LogP contribution < -0.4 is 10.9 Å². The van der Waals surface area contributed by atoms with E-state index in [9.17, 15) is 25.3 Å². The number of nitrogen functional groups attached to an aromatic ring is 1. The molecule has 0 bridgehead atoms. The molecule has 1 aromatic rings. The third-order valence-corrected chi connectivity index (χ3v) is 11.3. The highest BCUT2D eigenvalue weighted by Gasteiger charge is 2.04. The molecule has 354 valence electrons. The summed E-state index contributed by atoms with van der Waals surface area (Å²) in [6, 6.07) is 7.98. The molecule has 59 heavy (non-hydrogen) atoms. The summed E-state index contributed by atoms with van der Waals surface area (Å²) in [5, 5.41) is 1.39. The van der Waals surface area contributed by atoms with Crippen molar-refractivity contribution in [3.63, 3.8) is 0 Å². The van der Waals surface area contributed by atoms with E-state index in [0.717, 1.165) is 54.5 Å². The summed E-state index contributed by atoms with van der Waals surface area (Å²) in [6.07, 6.45) is 35.6. The number of anilines is 1. The highest BCUT2D eigenvalue weighted by Crippen LogP contribution is 2.13. The molecule has 0 saturated carbocycles. The van der Waals surface area contributed by atoms with Gasteiger partial charge in [-0.1, -0.05) is 211 Å². The van der Waals surface area contributed by atoms with Gasteiger partial charge in [0.1, 0.15) is 0 Å². The lowest BCUT2D eigenvalue weighted by molar-refractivity contribution is 0.260. The zero-order valence-corrected chi connectivity index (χ0v) is 41.9. The highest BCUT2D eigenvalue weighted by molar-refractivity contribution is 7.81. The number of nitrogens with two attached hydrogens (primary N) is 1. The SMILES string of the molecule is CCCCCCCCCCCCOS(=O)(=O)O.CCCCCCCCCCCCOS(=O)(=O)O.CCCCCCCCCCCCOS(=O)(=O)O.Nc1ccc([SiH3])cc1. The zero-order valence-electron chi connectivity index (χ0n) is 37.5. The summed E-state index contributed by atoms with van der Waals surface area (Å²) in [5.41, 5.74) is 6.29. The first-order valence-corrected chi connectivity index (χ1v) is 27.7. The fourth-order valence-corrected chi connectivity index (χ4v) is 7.15. The van der Waals surface area contributed by atoms with Crippen molar-refractivity contribution in [3.8, 4) is 0 Å². The van der Waals surface area contributed by atoms with Gasteiger partial charge in [-0.2, -0.15) is 25.3 Å². The summed E-state index contributed by atoms with van der Waals surface area (Å²) >= 11 is 0. The van der Waals surface area contributed by atoms with E-state index in [-0.39, 0.29) is 19.8 Å². The number of hydrogen-bond donors (Lipinski definition) is 4. The molecule has 0 unspecified atom stereocenters. The van der Waals surface area contributed by atoms with E-state index in [4.69, 9.17) is 19.4 Å². The molecule has 17 heteroatoms. The van der Waals surface area contributed by atoms with Crippen LogP contribution >= 0.6 is 0 Å². The lowest BCUT2D eigenvalue weighted by atomic mass is 10.1. The lowest BCUT2D eigenvalue weighted by Gasteiger charge is -2.02. The Hall–Kier alpha value is -1.15. The van der Waals surface area contributed by atoms with E-state index in [2.05, 4.69) is 45.5 Å². The first kappa shape index (κ1) is 62.1. The maximum Gasteiger partial charge on any atom is 0.397 e. The van der Waals surface area contributed by atoms with E-state index < -0.39 is 31.2 Å². The Morgan fingerprint density at radius 1 is 0.390 bits per heavy atom. The molecule has 0 spiro atoms. The fraction of sp³-hybridized carbons (Fsp3) is 0.857. The summed E-state index contributed by atoms with van der Waals surface area (Å²) in [6.45, 7) is 6.93. The standard InChI is InChI=1S/3C12H26O4S.C6H9NSi/c3*1-2-3-4-5-6-7-8-9-10-11-12-16-17(13,14)15;7-5-1-3-6(8)4-2-5/h3*2-12H2,1H3,(H,13,14,15);1-4H,7H2,8H3. The Labute approximate surface area is 365 Å². The van der Waals surface area contributed by atoms with Crippen LogP contribution in [-0.2, 0) is 43.7 Å². The number of hydrogen-bond acceptors (Lipinski definition) is 10. The monoisotopic (exact) mass is 922 g/mol. The molecule has 0 saturated heterocycles. The quantitative estimate of drug-likeness (QED) is 0.0213. The Balaban J connectivity index is -0.000000728. The Bertz CT molecular complexity index is 1190. The van der Waals surface area contributed by atoms with Gasteiger partial charge < -0.3 is 5.73 Å². The van der Waals surface area contributed by atoms with Crippen molar-refractivity contribution in [2.24, 2.45) is 0 Å². The summed E-state index contributed by atoms with van der Waals surface area (Å²) < 4.78 is 99.0. The lowest BCUT2D eigenvalue weighted by Crippen LogP contribution is -2.04. The second-order valence-electron chi connectivity index (χ2n) is 15.2. The first-order valence-electron chi connectivity index (χ1n) is 22.6. The van der Waals surface area contributed by atoms with Gasteiger partial charge in [0.25, 0.3) is 0 Å². The predicted molar refractivity (Wildman–Crippen MR) is 248 cm³/mol. The van der Waals surface area contributed by atoms with Gasteiger partial charge in [0.2, 0.25) is 0 Å². The number of benzene rings is 1. The molecule has 0 aliphatic carbocycles.